The lowest BCUT2D eigenvalue weighted by atomic mass is 9.93. The highest BCUT2D eigenvalue weighted by Gasteiger charge is 2.41. The van der Waals surface area contributed by atoms with Crippen LogP contribution in [0.3, 0.4) is 0 Å². The second-order valence-electron chi connectivity index (χ2n) is 6.88. The fourth-order valence-electron chi connectivity index (χ4n) is 3.35. The van der Waals surface area contributed by atoms with E-state index in [9.17, 15) is 9.90 Å². The molecule has 6 heteroatoms. The van der Waals surface area contributed by atoms with Gasteiger partial charge in [-0.05, 0) is 11.1 Å². The zero-order valence-electron chi connectivity index (χ0n) is 16.0. The van der Waals surface area contributed by atoms with Crippen LogP contribution in [-0.2, 0) is 32.2 Å². The van der Waals surface area contributed by atoms with Crippen molar-refractivity contribution in [2.45, 2.75) is 44.0 Å². The molecule has 2 N–H and O–H groups in total. The number of carbonyl (C=O) groups is 1. The van der Waals surface area contributed by atoms with E-state index < -0.39 is 18.3 Å². The third kappa shape index (κ3) is 5.62. The molecule has 0 aliphatic carbocycles. The van der Waals surface area contributed by atoms with Gasteiger partial charge in [-0.1, -0.05) is 60.7 Å². The Kier molecular flexibility index (Phi) is 7.56. The van der Waals surface area contributed by atoms with Crippen LogP contribution in [0.2, 0.25) is 0 Å². The molecule has 1 fully saturated rings. The molecule has 3 rings (SSSR count). The zero-order valence-corrected chi connectivity index (χ0v) is 16.0. The molecule has 6 nitrogen and oxygen atoms in total. The topological polar surface area (TPSA) is 77.0 Å². The fourth-order valence-corrected chi connectivity index (χ4v) is 3.35. The van der Waals surface area contributed by atoms with E-state index >= 15 is 0 Å². The predicted octanol–water partition coefficient (Wildman–Crippen LogP) is 2.05. The van der Waals surface area contributed by atoms with Crippen LogP contribution in [0.4, 0.5) is 0 Å². The molecule has 1 heterocycles. The summed E-state index contributed by atoms with van der Waals surface area (Å²) in [6.45, 7) is 1.05. The molecule has 1 aliphatic rings. The van der Waals surface area contributed by atoms with Gasteiger partial charge in [-0.25, -0.2) is 0 Å². The number of ether oxygens (including phenoxy) is 3. The summed E-state index contributed by atoms with van der Waals surface area (Å²) in [7, 11) is 1.36. The normalized spacial score (nSPS) is 24.6. The summed E-state index contributed by atoms with van der Waals surface area (Å²) in [5.41, 5.74) is 2.03. The van der Waals surface area contributed by atoms with Gasteiger partial charge >= 0.3 is 5.97 Å². The summed E-state index contributed by atoms with van der Waals surface area (Å²) in [4.78, 5) is 11.8. The van der Waals surface area contributed by atoms with E-state index in [1.807, 2.05) is 60.7 Å². The summed E-state index contributed by atoms with van der Waals surface area (Å²) in [5.74, 6) is -0.330. The van der Waals surface area contributed by atoms with Crippen molar-refractivity contribution >= 4 is 5.97 Å². The molecule has 2 aromatic rings. The van der Waals surface area contributed by atoms with Crippen molar-refractivity contribution in [2.75, 3.05) is 13.7 Å². The van der Waals surface area contributed by atoms with Crippen molar-refractivity contribution < 1.29 is 24.1 Å². The van der Waals surface area contributed by atoms with Crippen molar-refractivity contribution in [1.29, 1.82) is 0 Å². The zero-order chi connectivity index (χ0) is 19.8. The van der Waals surface area contributed by atoms with E-state index in [0.29, 0.717) is 19.8 Å². The summed E-state index contributed by atoms with van der Waals surface area (Å²) in [6, 6.07) is 19.3. The van der Waals surface area contributed by atoms with Crippen LogP contribution in [0.5, 0.6) is 0 Å². The number of hydrogen-bond acceptors (Lipinski definition) is 6. The molecule has 0 amide bonds. The summed E-state index contributed by atoms with van der Waals surface area (Å²) in [5, 5.41) is 13.7. The van der Waals surface area contributed by atoms with Gasteiger partial charge in [0.1, 0.15) is 12.2 Å². The average Bonchev–Trinajstić information content (AvgIpc) is 2.74. The number of carbonyl (C=O) groups excluding carboxylic acids is 1. The largest absolute Gasteiger partial charge is 0.469 e. The minimum atomic E-state index is -0.738. The summed E-state index contributed by atoms with van der Waals surface area (Å²) < 4.78 is 17.0. The first-order valence-electron chi connectivity index (χ1n) is 9.46. The first-order valence-corrected chi connectivity index (χ1v) is 9.46. The maximum absolute atomic E-state index is 11.8. The first-order chi connectivity index (χ1) is 13.7. The number of rotatable bonds is 8. The van der Waals surface area contributed by atoms with Gasteiger partial charge in [0.25, 0.3) is 0 Å². The molecular formula is C22H27NO5. The highest BCUT2D eigenvalue weighted by molar-refractivity contribution is 5.70. The Hall–Kier alpha value is -2.25. The molecule has 0 aromatic heterocycles. The molecule has 1 saturated heterocycles. The Labute approximate surface area is 165 Å². The van der Waals surface area contributed by atoms with Gasteiger partial charge in [0, 0.05) is 12.6 Å². The van der Waals surface area contributed by atoms with Crippen LogP contribution in [0.25, 0.3) is 0 Å². The molecular weight excluding hydrogens is 358 g/mol. The molecule has 2 aromatic carbocycles. The molecule has 0 radical (unpaired) electrons. The summed E-state index contributed by atoms with van der Waals surface area (Å²) in [6.07, 6.45) is -1.64. The molecule has 0 unspecified atom stereocenters. The Morgan fingerprint density at radius 1 is 0.964 bits per heavy atom. The number of esters is 1. The van der Waals surface area contributed by atoms with Gasteiger partial charge in [0.2, 0.25) is 0 Å². The third-order valence-corrected chi connectivity index (χ3v) is 4.87. The second-order valence-corrected chi connectivity index (χ2v) is 6.88. The molecule has 0 saturated carbocycles. The molecule has 4 atom stereocenters. The number of piperidine rings is 1. The van der Waals surface area contributed by atoms with E-state index in [4.69, 9.17) is 14.2 Å². The van der Waals surface area contributed by atoms with E-state index in [2.05, 4.69) is 5.32 Å². The number of benzene rings is 2. The van der Waals surface area contributed by atoms with Crippen LogP contribution in [0, 0.1) is 0 Å². The highest BCUT2D eigenvalue weighted by atomic mass is 16.6. The quantitative estimate of drug-likeness (QED) is 0.678. The Bertz CT molecular complexity index is 724. The van der Waals surface area contributed by atoms with Crippen LogP contribution in [0.15, 0.2) is 60.7 Å². The van der Waals surface area contributed by atoms with Crippen LogP contribution in [-0.4, -0.2) is 49.1 Å². The maximum atomic E-state index is 11.8. The lowest BCUT2D eigenvalue weighted by molar-refractivity contribution is -0.165. The van der Waals surface area contributed by atoms with Crippen molar-refractivity contribution in [1.82, 2.24) is 5.32 Å². The van der Waals surface area contributed by atoms with Gasteiger partial charge in [-0.2, -0.15) is 0 Å². The smallest absolute Gasteiger partial charge is 0.307 e. The predicted molar refractivity (Wildman–Crippen MR) is 104 cm³/mol. The minimum absolute atomic E-state index is 0.147. The molecule has 28 heavy (non-hydrogen) atoms. The van der Waals surface area contributed by atoms with Gasteiger partial charge in [0.15, 0.2) is 0 Å². The number of aliphatic hydroxyl groups excluding tert-OH is 1. The summed E-state index contributed by atoms with van der Waals surface area (Å²) >= 11 is 0. The molecule has 0 spiro atoms. The Balaban J connectivity index is 1.72. The van der Waals surface area contributed by atoms with Gasteiger partial charge in [0.05, 0.1) is 32.8 Å². The van der Waals surface area contributed by atoms with Crippen molar-refractivity contribution in [2.24, 2.45) is 0 Å². The van der Waals surface area contributed by atoms with Crippen LogP contribution >= 0.6 is 0 Å². The van der Waals surface area contributed by atoms with Gasteiger partial charge in [-0.15, -0.1) is 0 Å². The lowest BCUT2D eigenvalue weighted by Gasteiger charge is -2.41. The Morgan fingerprint density at radius 2 is 1.50 bits per heavy atom. The van der Waals surface area contributed by atoms with Crippen molar-refractivity contribution in [3.63, 3.8) is 0 Å². The van der Waals surface area contributed by atoms with Crippen molar-refractivity contribution in [3.8, 4) is 0 Å². The van der Waals surface area contributed by atoms with E-state index in [0.717, 1.165) is 11.1 Å². The van der Waals surface area contributed by atoms with E-state index in [1.54, 1.807) is 0 Å². The maximum Gasteiger partial charge on any atom is 0.307 e. The number of β-amino-alcohol motifs (C(OH)–C–C–N with tert-alkyl or cyclic N) is 1. The first kappa shape index (κ1) is 20.5. The van der Waals surface area contributed by atoms with E-state index in [-0.39, 0.29) is 18.4 Å². The van der Waals surface area contributed by atoms with E-state index in [1.165, 1.54) is 7.11 Å². The highest BCUT2D eigenvalue weighted by Crippen LogP contribution is 2.23. The van der Waals surface area contributed by atoms with Gasteiger partial charge < -0.3 is 24.6 Å². The monoisotopic (exact) mass is 385 g/mol. The number of nitrogens with one attached hydrogen (secondary N) is 1. The SMILES string of the molecule is COC(=O)C[C@@H]1NC[C@@H](O)[C@H](OCc2ccccc2)[C@H]1OCc1ccccc1. The van der Waals surface area contributed by atoms with Crippen LogP contribution < -0.4 is 5.32 Å². The average molecular weight is 385 g/mol. The van der Waals surface area contributed by atoms with Crippen molar-refractivity contribution in [3.05, 3.63) is 71.8 Å². The number of methoxy groups -OCH3 is 1. The molecule has 1 aliphatic heterocycles. The van der Waals surface area contributed by atoms with Crippen LogP contribution in [0.1, 0.15) is 17.5 Å². The lowest BCUT2D eigenvalue weighted by Crippen LogP contribution is -2.61. The minimum Gasteiger partial charge on any atom is -0.469 e. The number of aliphatic hydroxyl groups is 1. The molecule has 0 bridgehead atoms. The Morgan fingerprint density at radius 3 is 2.04 bits per heavy atom. The fraction of sp³-hybridized carbons (Fsp3) is 0.409. The third-order valence-electron chi connectivity index (χ3n) is 4.87. The second kappa shape index (κ2) is 10.3. The number of hydrogen-bond donors (Lipinski definition) is 2. The molecule has 150 valence electrons. The van der Waals surface area contributed by atoms with Gasteiger partial charge in [-0.3, -0.25) is 4.79 Å². The standard InChI is InChI=1S/C22H27NO5/c1-26-20(25)12-18-21(27-14-16-8-4-2-5-9-16)22(19(24)13-23-18)28-15-17-10-6-3-7-11-17/h2-11,18-19,21-24H,12-15H2,1H3/t18-,19+,21-,22-/m0/s1.